The molecular formula is C19H18FNO3S. The lowest BCUT2D eigenvalue weighted by Gasteiger charge is -2.18. The molecule has 130 valence electrons. The molecule has 1 saturated heterocycles. The first-order valence-corrected chi connectivity index (χ1v) is 8.93. The molecule has 25 heavy (non-hydrogen) atoms. The fraction of sp³-hybridized carbons (Fsp3) is 0.263. The van der Waals surface area contributed by atoms with Crippen LogP contribution in [0.25, 0.3) is 0 Å². The molecule has 1 amide bonds. The number of benzene rings is 2. The number of hydrogen-bond acceptors (Lipinski definition) is 4. The second-order valence-electron chi connectivity index (χ2n) is 5.77. The van der Waals surface area contributed by atoms with Crippen molar-refractivity contribution in [2.45, 2.75) is 29.0 Å². The fourth-order valence-electron chi connectivity index (χ4n) is 2.61. The largest absolute Gasteiger partial charge is 0.462 e. The van der Waals surface area contributed by atoms with Crippen molar-refractivity contribution in [2.24, 2.45) is 0 Å². The van der Waals surface area contributed by atoms with Crippen molar-refractivity contribution in [3.8, 4) is 0 Å². The molecule has 0 spiro atoms. The third-order valence-corrected chi connectivity index (χ3v) is 5.19. The first-order chi connectivity index (χ1) is 12.1. The Morgan fingerprint density at radius 3 is 2.60 bits per heavy atom. The summed E-state index contributed by atoms with van der Waals surface area (Å²) in [5.41, 5.74) is 0.746. The Bertz CT molecular complexity index is 753. The van der Waals surface area contributed by atoms with Gasteiger partial charge in [0.25, 0.3) is 0 Å². The van der Waals surface area contributed by atoms with E-state index in [1.807, 2.05) is 30.3 Å². The maximum absolute atomic E-state index is 14.0. The summed E-state index contributed by atoms with van der Waals surface area (Å²) < 4.78 is 19.4. The highest BCUT2D eigenvalue weighted by atomic mass is 32.2. The van der Waals surface area contributed by atoms with Gasteiger partial charge in [0, 0.05) is 11.3 Å². The summed E-state index contributed by atoms with van der Waals surface area (Å²) in [7, 11) is 0. The third-order valence-electron chi connectivity index (χ3n) is 3.91. The highest BCUT2D eigenvalue weighted by molar-refractivity contribution is 8.00. The summed E-state index contributed by atoms with van der Waals surface area (Å²) in [6.45, 7) is 0.131. The lowest BCUT2D eigenvalue weighted by molar-refractivity contribution is -0.144. The first kappa shape index (κ1) is 17.5. The number of ether oxygens (including phenoxy) is 1. The van der Waals surface area contributed by atoms with E-state index >= 15 is 0 Å². The second kappa shape index (κ2) is 8.16. The smallest absolute Gasteiger partial charge is 0.324 e. The maximum atomic E-state index is 14.0. The molecule has 1 aliphatic heterocycles. The van der Waals surface area contributed by atoms with Crippen LogP contribution in [0.4, 0.5) is 4.39 Å². The molecule has 2 aromatic rings. The summed E-state index contributed by atoms with van der Waals surface area (Å²) in [6.07, 6.45) is 1.11. The van der Waals surface area contributed by atoms with Crippen LogP contribution >= 0.6 is 11.8 Å². The van der Waals surface area contributed by atoms with Gasteiger partial charge in [0.15, 0.2) is 0 Å². The Hall–Kier alpha value is -2.34. The van der Waals surface area contributed by atoms with Crippen molar-refractivity contribution in [3.63, 3.8) is 0 Å². The molecule has 3 rings (SSSR count). The van der Waals surface area contributed by atoms with E-state index in [0.29, 0.717) is 17.7 Å². The predicted molar refractivity (Wildman–Crippen MR) is 93.6 cm³/mol. The number of thioether (sulfide) groups is 1. The van der Waals surface area contributed by atoms with E-state index in [0.717, 1.165) is 17.3 Å². The Morgan fingerprint density at radius 2 is 1.92 bits per heavy atom. The van der Waals surface area contributed by atoms with Gasteiger partial charge >= 0.3 is 5.97 Å². The van der Waals surface area contributed by atoms with Crippen LogP contribution in [0.3, 0.4) is 0 Å². The van der Waals surface area contributed by atoms with E-state index in [1.54, 1.807) is 18.2 Å². The monoisotopic (exact) mass is 359 g/mol. The number of halogens is 1. The Kier molecular flexibility index (Phi) is 5.71. The van der Waals surface area contributed by atoms with Gasteiger partial charge in [-0.15, -0.1) is 11.8 Å². The average Bonchev–Trinajstić information content (AvgIpc) is 3.05. The molecule has 0 saturated carbocycles. The maximum Gasteiger partial charge on any atom is 0.324 e. The molecule has 1 aliphatic rings. The third kappa shape index (κ3) is 4.60. The van der Waals surface area contributed by atoms with Crippen molar-refractivity contribution < 1.29 is 18.7 Å². The van der Waals surface area contributed by atoms with Gasteiger partial charge in [0.05, 0.1) is 6.04 Å². The number of carbonyl (C=O) groups excluding carboxylic acids is 2. The van der Waals surface area contributed by atoms with Crippen LogP contribution in [0.15, 0.2) is 59.5 Å². The molecule has 0 unspecified atom stereocenters. The lowest BCUT2D eigenvalue weighted by atomic mass is 10.1. The molecule has 0 aliphatic carbocycles. The zero-order chi connectivity index (χ0) is 17.6. The summed E-state index contributed by atoms with van der Waals surface area (Å²) in [5, 5.41) is 2.09. The fourth-order valence-corrected chi connectivity index (χ4v) is 3.66. The number of hydrogen-bond donors (Lipinski definition) is 1. The van der Waals surface area contributed by atoms with Crippen molar-refractivity contribution in [1.29, 1.82) is 0 Å². The van der Waals surface area contributed by atoms with Gasteiger partial charge in [0.1, 0.15) is 17.7 Å². The van der Waals surface area contributed by atoms with E-state index in [9.17, 15) is 14.0 Å². The Morgan fingerprint density at radius 1 is 1.20 bits per heavy atom. The topological polar surface area (TPSA) is 55.4 Å². The second-order valence-corrected chi connectivity index (χ2v) is 6.92. The zero-order valence-corrected chi connectivity index (χ0v) is 14.3. The van der Waals surface area contributed by atoms with Crippen LogP contribution in [0.2, 0.25) is 0 Å². The van der Waals surface area contributed by atoms with Crippen molar-refractivity contribution in [1.82, 2.24) is 5.32 Å². The minimum absolute atomic E-state index is 0.0265. The number of rotatable bonds is 6. The molecule has 4 nitrogen and oxygen atoms in total. The minimum atomic E-state index is -0.671. The molecule has 2 atom stereocenters. The van der Waals surface area contributed by atoms with Crippen molar-refractivity contribution in [3.05, 3.63) is 66.0 Å². The van der Waals surface area contributed by atoms with Crippen LogP contribution in [0.1, 0.15) is 23.7 Å². The molecule has 1 N–H and O–H groups in total. The van der Waals surface area contributed by atoms with Gasteiger partial charge in [0.2, 0.25) is 5.91 Å². The summed E-state index contributed by atoms with van der Waals surface area (Å²) in [6, 6.07) is 15.3. The van der Waals surface area contributed by atoms with E-state index in [4.69, 9.17) is 4.74 Å². The quantitative estimate of drug-likeness (QED) is 0.634. The van der Waals surface area contributed by atoms with E-state index in [1.165, 1.54) is 6.07 Å². The van der Waals surface area contributed by atoms with Gasteiger partial charge < -0.3 is 10.1 Å². The molecular weight excluding hydrogens is 341 g/mol. The van der Waals surface area contributed by atoms with E-state index in [-0.39, 0.29) is 24.4 Å². The normalized spacial score (nSPS) is 17.8. The molecule has 0 radical (unpaired) electrons. The van der Waals surface area contributed by atoms with Crippen LogP contribution in [-0.4, -0.2) is 24.5 Å². The molecule has 1 fully saturated rings. The van der Waals surface area contributed by atoms with E-state index < -0.39 is 11.2 Å². The van der Waals surface area contributed by atoms with E-state index in [2.05, 4.69) is 5.32 Å². The predicted octanol–water partition coefficient (Wildman–Crippen LogP) is 3.48. The first-order valence-electron chi connectivity index (χ1n) is 8.05. The van der Waals surface area contributed by atoms with Crippen LogP contribution < -0.4 is 5.32 Å². The highest BCUT2D eigenvalue weighted by Gasteiger charge is 2.27. The standard InChI is InChI=1S/C19H18FNO3S/c20-15-8-4-5-9-16(15)25-18(13-6-2-1-3-7-13)19(23)24-12-14-10-11-17(22)21-14/h1-9,14,18H,10-12H2,(H,21,22)/t14-,18+/m0/s1. The van der Waals surface area contributed by atoms with Gasteiger partial charge in [-0.1, -0.05) is 42.5 Å². The number of carbonyl (C=O) groups is 2. The van der Waals surface area contributed by atoms with Crippen molar-refractivity contribution >= 4 is 23.6 Å². The Balaban J connectivity index is 1.73. The average molecular weight is 359 g/mol. The molecule has 2 aromatic carbocycles. The zero-order valence-electron chi connectivity index (χ0n) is 13.5. The van der Waals surface area contributed by atoms with Crippen LogP contribution in [0.5, 0.6) is 0 Å². The number of nitrogens with one attached hydrogen (secondary N) is 1. The molecule has 1 heterocycles. The Labute approximate surface area is 149 Å². The van der Waals surface area contributed by atoms with Gasteiger partial charge in [-0.05, 0) is 24.1 Å². The van der Waals surface area contributed by atoms with Gasteiger partial charge in [-0.2, -0.15) is 0 Å². The van der Waals surface area contributed by atoms with Gasteiger partial charge in [-0.3, -0.25) is 9.59 Å². The number of esters is 1. The molecule has 6 heteroatoms. The summed E-state index contributed by atoms with van der Waals surface area (Å²) in [5.74, 6) is -0.841. The minimum Gasteiger partial charge on any atom is -0.462 e. The molecule has 0 aromatic heterocycles. The SMILES string of the molecule is O=C1CC[C@@H](COC(=O)[C@H](Sc2ccccc2F)c2ccccc2)N1. The molecule has 0 bridgehead atoms. The van der Waals surface area contributed by atoms with Crippen molar-refractivity contribution in [2.75, 3.05) is 6.61 Å². The van der Waals surface area contributed by atoms with Crippen LogP contribution in [0, 0.1) is 5.82 Å². The van der Waals surface area contributed by atoms with Crippen LogP contribution in [-0.2, 0) is 14.3 Å². The summed E-state index contributed by atoms with van der Waals surface area (Å²) in [4.78, 5) is 24.2. The summed E-state index contributed by atoms with van der Waals surface area (Å²) >= 11 is 1.12. The van der Waals surface area contributed by atoms with Gasteiger partial charge in [-0.25, -0.2) is 4.39 Å². The lowest BCUT2D eigenvalue weighted by Crippen LogP contribution is -2.31. The highest BCUT2D eigenvalue weighted by Crippen LogP contribution is 2.37. The number of amides is 1.